The van der Waals surface area contributed by atoms with Gasteiger partial charge in [0.15, 0.2) is 18.1 Å². The summed E-state index contributed by atoms with van der Waals surface area (Å²) in [5, 5.41) is 3.11. The third-order valence-electron chi connectivity index (χ3n) is 4.68. The van der Waals surface area contributed by atoms with Gasteiger partial charge in [-0.15, -0.1) is 0 Å². The van der Waals surface area contributed by atoms with Crippen molar-refractivity contribution in [3.8, 4) is 11.5 Å². The molecule has 4 rings (SSSR count). The third-order valence-corrected chi connectivity index (χ3v) is 5.68. The molecule has 0 spiro atoms. The normalized spacial score (nSPS) is 14.7. The molecular weight excluding hydrogens is 438 g/mol. The van der Waals surface area contributed by atoms with E-state index in [-0.39, 0.29) is 36.5 Å². The van der Waals surface area contributed by atoms with Gasteiger partial charge in [-0.25, -0.2) is 9.78 Å². The minimum absolute atomic E-state index is 0.0262. The lowest BCUT2D eigenvalue weighted by Gasteiger charge is -2.26. The molecule has 0 bridgehead atoms. The molecule has 32 heavy (non-hydrogen) atoms. The van der Waals surface area contributed by atoms with E-state index in [2.05, 4.69) is 10.3 Å². The largest absolute Gasteiger partial charge is 0.454 e. The molecule has 0 unspecified atom stereocenters. The molecule has 2 aromatic rings. The zero-order valence-corrected chi connectivity index (χ0v) is 17.9. The summed E-state index contributed by atoms with van der Waals surface area (Å²) in [5.41, 5.74) is 0.769. The van der Waals surface area contributed by atoms with Gasteiger partial charge in [0.05, 0.1) is 24.5 Å². The van der Waals surface area contributed by atoms with Crippen LogP contribution < -0.4 is 14.8 Å². The van der Waals surface area contributed by atoms with Crippen LogP contribution >= 0.6 is 11.8 Å². The fourth-order valence-electron chi connectivity index (χ4n) is 3.08. The summed E-state index contributed by atoms with van der Waals surface area (Å²) < 4.78 is 20.9. The van der Waals surface area contributed by atoms with Crippen LogP contribution in [0.2, 0.25) is 0 Å². The molecule has 1 fully saturated rings. The molecule has 0 atom stereocenters. The molecular formula is C21H21N3O7S. The van der Waals surface area contributed by atoms with Crippen molar-refractivity contribution < 1.29 is 33.3 Å². The highest BCUT2D eigenvalue weighted by atomic mass is 32.2. The predicted octanol–water partition coefficient (Wildman–Crippen LogP) is 1.56. The Morgan fingerprint density at radius 3 is 2.78 bits per heavy atom. The topological polar surface area (TPSA) is 116 Å². The van der Waals surface area contributed by atoms with Crippen molar-refractivity contribution in [2.45, 2.75) is 5.03 Å². The van der Waals surface area contributed by atoms with Crippen LogP contribution in [0.1, 0.15) is 10.4 Å². The lowest BCUT2D eigenvalue weighted by Crippen LogP contribution is -2.42. The first-order valence-electron chi connectivity index (χ1n) is 9.90. The van der Waals surface area contributed by atoms with Crippen LogP contribution in [0.4, 0.5) is 5.69 Å². The number of nitrogens with zero attached hydrogens (tertiary/aromatic N) is 2. The SMILES string of the molecule is O=C(CSc1ncccc1C(=O)OCC(=O)N1CCOCC1)Nc1ccc2c(c1)OCO2. The number of hydrogen-bond acceptors (Lipinski definition) is 9. The number of nitrogens with one attached hydrogen (secondary N) is 1. The maximum Gasteiger partial charge on any atom is 0.341 e. The van der Waals surface area contributed by atoms with Crippen molar-refractivity contribution in [3.63, 3.8) is 0 Å². The number of fused-ring (bicyclic) bond motifs is 1. The second-order valence-electron chi connectivity index (χ2n) is 6.83. The van der Waals surface area contributed by atoms with Crippen LogP contribution in [0.5, 0.6) is 11.5 Å². The number of hydrogen-bond donors (Lipinski definition) is 1. The monoisotopic (exact) mass is 459 g/mol. The molecule has 2 aliphatic heterocycles. The molecule has 1 N–H and O–H groups in total. The summed E-state index contributed by atoms with van der Waals surface area (Å²) in [4.78, 5) is 42.8. The fourth-order valence-corrected chi connectivity index (χ4v) is 3.86. The van der Waals surface area contributed by atoms with Crippen molar-refractivity contribution in [3.05, 3.63) is 42.1 Å². The Bertz CT molecular complexity index is 1010. The quantitative estimate of drug-likeness (QED) is 0.486. The van der Waals surface area contributed by atoms with Crippen LogP contribution in [0, 0.1) is 0 Å². The number of anilines is 1. The van der Waals surface area contributed by atoms with Gasteiger partial charge in [-0.2, -0.15) is 0 Å². The summed E-state index contributed by atoms with van der Waals surface area (Å²) in [6.45, 7) is 1.68. The maximum absolute atomic E-state index is 12.5. The van der Waals surface area contributed by atoms with Crippen LogP contribution in [-0.2, 0) is 19.1 Å². The molecule has 1 aromatic carbocycles. The molecule has 168 valence electrons. The standard InChI is InChI=1S/C21H21N3O7S/c25-18(23-14-3-4-16-17(10-14)31-13-30-16)12-32-20-15(2-1-5-22-20)21(27)29-11-19(26)24-6-8-28-9-7-24/h1-5,10H,6-9,11-13H2,(H,23,25). The van der Waals surface area contributed by atoms with Crippen molar-refractivity contribution >= 4 is 35.2 Å². The van der Waals surface area contributed by atoms with Crippen LogP contribution in [0.15, 0.2) is 41.6 Å². The summed E-state index contributed by atoms with van der Waals surface area (Å²) in [6, 6.07) is 8.25. The number of rotatable bonds is 7. The van der Waals surface area contributed by atoms with E-state index in [0.717, 1.165) is 11.8 Å². The van der Waals surface area contributed by atoms with Gasteiger partial charge in [0.1, 0.15) is 5.03 Å². The number of amides is 2. The fraction of sp³-hybridized carbons (Fsp3) is 0.333. The number of benzene rings is 1. The number of pyridine rings is 1. The number of carbonyl (C=O) groups excluding carboxylic acids is 3. The van der Waals surface area contributed by atoms with Crippen molar-refractivity contribution in [2.75, 3.05) is 50.8 Å². The van der Waals surface area contributed by atoms with E-state index >= 15 is 0 Å². The Hall–Kier alpha value is -3.31. The zero-order valence-electron chi connectivity index (χ0n) is 17.1. The minimum atomic E-state index is -0.668. The number of ether oxygens (including phenoxy) is 4. The third kappa shape index (κ3) is 5.48. The summed E-state index contributed by atoms with van der Waals surface area (Å²) in [7, 11) is 0. The van der Waals surface area contributed by atoms with E-state index in [1.807, 2.05) is 0 Å². The Labute approximate surface area is 188 Å². The minimum Gasteiger partial charge on any atom is -0.454 e. The lowest BCUT2D eigenvalue weighted by molar-refractivity contribution is -0.138. The van der Waals surface area contributed by atoms with Crippen molar-refractivity contribution in [2.24, 2.45) is 0 Å². The van der Waals surface area contributed by atoms with Crippen LogP contribution in [0.3, 0.4) is 0 Å². The highest BCUT2D eigenvalue weighted by Crippen LogP contribution is 2.34. The van der Waals surface area contributed by atoms with Gasteiger partial charge < -0.3 is 29.2 Å². The number of aromatic nitrogens is 1. The van der Waals surface area contributed by atoms with Crippen LogP contribution in [0.25, 0.3) is 0 Å². The first-order valence-corrected chi connectivity index (χ1v) is 10.9. The first-order chi connectivity index (χ1) is 15.6. The average molecular weight is 459 g/mol. The summed E-state index contributed by atoms with van der Waals surface area (Å²) in [5.74, 6) is -0.00106. The van der Waals surface area contributed by atoms with E-state index in [9.17, 15) is 14.4 Å². The Morgan fingerprint density at radius 1 is 1.12 bits per heavy atom. The average Bonchev–Trinajstić information content (AvgIpc) is 3.29. The van der Waals surface area contributed by atoms with E-state index < -0.39 is 5.97 Å². The molecule has 0 saturated carbocycles. The molecule has 0 aliphatic carbocycles. The zero-order chi connectivity index (χ0) is 22.3. The summed E-state index contributed by atoms with van der Waals surface area (Å²) >= 11 is 1.10. The molecule has 1 aromatic heterocycles. The van der Waals surface area contributed by atoms with Crippen molar-refractivity contribution in [1.82, 2.24) is 9.88 Å². The van der Waals surface area contributed by atoms with Gasteiger partial charge in [0.2, 0.25) is 12.7 Å². The predicted molar refractivity (Wildman–Crippen MR) is 114 cm³/mol. The van der Waals surface area contributed by atoms with Gasteiger partial charge >= 0.3 is 5.97 Å². The van der Waals surface area contributed by atoms with Crippen LogP contribution in [-0.4, -0.2) is 73.1 Å². The second-order valence-corrected chi connectivity index (χ2v) is 7.79. The molecule has 11 heteroatoms. The van der Waals surface area contributed by atoms with Crippen molar-refractivity contribution in [1.29, 1.82) is 0 Å². The molecule has 3 heterocycles. The number of thioether (sulfide) groups is 1. The molecule has 2 amide bonds. The highest BCUT2D eigenvalue weighted by molar-refractivity contribution is 8.00. The Balaban J connectivity index is 1.30. The smallest absolute Gasteiger partial charge is 0.341 e. The maximum atomic E-state index is 12.5. The molecule has 0 radical (unpaired) electrons. The lowest BCUT2D eigenvalue weighted by atomic mass is 10.3. The van der Waals surface area contributed by atoms with E-state index in [1.165, 1.54) is 6.20 Å². The van der Waals surface area contributed by atoms with Gasteiger partial charge in [-0.05, 0) is 24.3 Å². The van der Waals surface area contributed by atoms with Gasteiger partial charge in [-0.3, -0.25) is 9.59 Å². The van der Waals surface area contributed by atoms with Gasteiger partial charge in [-0.1, -0.05) is 11.8 Å². The molecule has 10 nitrogen and oxygen atoms in total. The molecule has 1 saturated heterocycles. The van der Waals surface area contributed by atoms with E-state index in [0.29, 0.717) is 48.5 Å². The van der Waals surface area contributed by atoms with E-state index in [1.54, 1.807) is 35.2 Å². The van der Waals surface area contributed by atoms with E-state index in [4.69, 9.17) is 18.9 Å². The number of carbonyl (C=O) groups is 3. The van der Waals surface area contributed by atoms with Gasteiger partial charge in [0, 0.05) is 31.0 Å². The number of morpholine rings is 1. The first kappa shape index (κ1) is 21.9. The Kier molecular flexibility index (Phi) is 7.07. The Morgan fingerprint density at radius 2 is 1.94 bits per heavy atom. The summed E-state index contributed by atoms with van der Waals surface area (Å²) in [6.07, 6.45) is 1.52. The highest BCUT2D eigenvalue weighted by Gasteiger charge is 2.21. The number of esters is 1. The second kappa shape index (κ2) is 10.3. The van der Waals surface area contributed by atoms with Gasteiger partial charge in [0.25, 0.3) is 5.91 Å². The molecule has 2 aliphatic rings.